The van der Waals surface area contributed by atoms with E-state index in [0.29, 0.717) is 6.42 Å². The van der Waals surface area contributed by atoms with E-state index in [1.807, 2.05) is 0 Å². The molecule has 6 heteroatoms. The van der Waals surface area contributed by atoms with Crippen molar-refractivity contribution in [2.75, 3.05) is 6.54 Å². The molecule has 1 aliphatic heterocycles. The van der Waals surface area contributed by atoms with Gasteiger partial charge in [0.2, 0.25) is 0 Å². The molecule has 18 heavy (non-hydrogen) atoms. The number of hydrogen-bond donors (Lipinski definition) is 2. The maximum atomic E-state index is 11.9. The molecule has 0 spiro atoms. The zero-order valence-electron chi connectivity index (χ0n) is 10.8. The van der Waals surface area contributed by atoms with Gasteiger partial charge >= 0.3 is 12.1 Å². The largest absolute Gasteiger partial charge is 0.479 e. The van der Waals surface area contributed by atoms with Crippen LogP contribution in [0.3, 0.4) is 0 Å². The summed E-state index contributed by atoms with van der Waals surface area (Å²) >= 11 is 0. The van der Waals surface area contributed by atoms with E-state index in [0.717, 1.165) is 0 Å². The summed E-state index contributed by atoms with van der Waals surface area (Å²) < 4.78 is 5.26. The lowest BCUT2D eigenvalue weighted by Gasteiger charge is -2.35. The Labute approximate surface area is 106 Å². The van der Waals surface area contributed by atoms with E-state index in [-0.39, 0.29) is 24.9 Å². The molecule has 2 rings (SSSR count). The Morgan fingerprint density at radius 3 is 2.50 bits per heavy atom. The second-order valence-electron chi connectivity index (χ2n) is 6.06. The SMILES string of the molecule is CC(C)(C)OC(=O)N1CCC(O)(C(=O)O)C2CC21. The summed E-state index contributed by atoms with van der Waals surface area (Å²) in [6.45, 7) is 5.57. The number of amides is 1. The van der Waals surface area contributed by atoms with Gasteiger partial charge in [0.1, 0.15) is 5.60 Å². The number of carboxylic acids is 1. The van der Waals surface area contributed by atoms with E-state index < -0.39 is 23.3 Å². The van der Waals surface area contributed by atoms with Crippen molar-refractivity contribution in [1.82, 2.24) is 4.90 Å². The summed E-state index contributed by atoms with van der Waals surface area (Å²) in [5.74, 6) is -1.56. The van der Waals surface area contributed by atoms with Crippen molar-refractivity contribution < 1.29 is 24.5 Å². The van der Waals surface area contributed by atoms with E-state index in [9.17, 15) is 14.7 Å². The lowest BCUT2D eigenvalue weighted by molar-refractivity contribution is -0.165. The zero-order valence-corrected chi connectivity index (χ0v) is 10.8. The highest BCUT2D eigenvalue weighted by Crippen LogP contribution is 2.49. The number of carbonyl (C=O) groups excluding carboxylic acids is 1. The first kappa shape index (κ1) is 13.1. The van der Waals surface area contributed by atoms with Crippen LogP contribution in [0.15, 0.2) is 0 Å². The number of piperidine rings is 1. The van der Waals surface area contributed by atoms with E-state index in [2.05, 4.69) is 0 Å². The molecule has 2 N–H and O–H groups in total. The molecule has 2 aliphatic rings. The lowest BCUT2D eigenvalue weighted by atomic mass is 9.90. The second-order valence-corrected chi connectivity index (χ2v) is 6.06. The van der Waals surface area contributed by atoms with Crippen molar-refractivity contribution in [2.24, 2.45) is 5.92 Å². The van der Waals surface area contributed by atoms with Gasteiger partial charge in [-0.25, -0.2) is 9.59 Å². The number of carbonyl (C=O) groups is 2. The predicted molar refractivity (Wildman–Crippen MR) is 62.0 cm³/mol. The molecule has 0 aromatic rings. The van der Waals surface area contributed by atoms with E-state index >= 15 is 0 Å². The summed E-state index contributed by atoms with van der Waals surface area (Å²) in [4.78, 5) is 24.5. The predicted octanol–water partition coefficient (Wildman–Crippen LogP) is 0.831. The van der Waals surface area contributed by atoms with Crippen molar-refractivity contribution in [1.29, 1.82) is 0 Å². The van der Waals surface area contributed by atoms with Gasteiger partial charge in [0, 0.05) is 24.9 Å². The molecule has 1 amide bonds. The molecule has 1 saturated heterocycles. The van der Waals surface area contributed by atoms with Gasteiger partial charge < -0.3 is 19.8 Å². The van der Waals surface area contributed by atoms with Crippen molar-refractivity contribution in [2.45, 2.75) is 50.9 Å². The fourth-order valence-electron chi connectivity index (χ4n) is 2.49. The highest BCUT2D eigenvalue weighted by molar-refractivity contribution is 5.80. The normalized spacial score (nSPS) is 34.8. The monoisotopic (exact) mass is 257 g/mol. The standard InChI is InChI=1S/C12H19NO5/c1-11(2,3)18-10(16)13-5-4-12(17,9(14)15)7-6-8(7)13/h7-8,17H,4-6H2,1-3H3,(H,14,15). The fourth-order valence-corrected chi connectivity index (χ4v) is 2.49. The smallest absolute Gasteiger partial charge is 0.410 e. The third-order valence-corrected chi connectivity index (χ3v) is 3.50. The average Bonchev–Trinajstić information content (AvgIpc) is 2.95. The van der Waals surface area contributed by atoms with Gasteiger partial charge in [0.25, 0.3) is 0 Å². The van der Waals surface area contributed by atoms with Crippen molar-refractivity contribution in [3.8, 4) is 0 Å². The van der Waals surface area contributed by atoms with Crippen molar-refractivity contribution in [3.63, 3.8) is 0 Å². The maximum absolute atomic E-state index is 11.9. The van der Waals surface area contributed by atoms with Gasteiger partial charge in [-0.15, -0.1) is 0 Å². The highest BCUT2D eigenvalue weighted by atomic mass is 16.6. The molecule has 1 heterocycles. The Morgan fingerprint density at radius 1 is 1.39 bits per heavy atom. The third-order valence-electron chi connectivity index (χ3n) is 3.50. The number of hydrogen-bond acceptors (Lipinski definition) is 4. The van der Waals surface area contributed by atoms with Crippen LogP contribution in [0.25, 0.3) is 0 Å². The van der Waals surface area contributed by atoms with Crippen LogP contribution in [0.4, 0.5) is 4.79 Å². The minimum absolute atomic E-state index is 0.0583. The molecule has 1 aliphatic carbocycles. The van der Waals surface area contributed by atoms with Crippen LogP contribution < -0.4 is 0 Å². The van der Waals surface area contributed by atoms with Gasteiger partial charge in [0.05, 0.1) is 0 Å². The van der Waals surface area contributed by atoms with E-state index in [1.54, 1.807) is 20.8 Å². The number of carboxylic acid groups (broad SMARTS) is 1. The van der Waals surface area contributed by atoms with Crippen LogP contribution in [0, 0.1) is 5.92 Å². The zero-order chi connectivity index (χ0) is 13.7. The Bertz CT molecular complexity index is 388. The Hall–Kier alpha value is -1.30. The first-order valence-electron chi connectivity index (χ1n) is 6.10. The molecular weight excluding hydrogens is 238 g/mol. The number of likely N-dealkylation sites (tertiary alicyclic amines) is 1. The molecule has 102 valence electrons. The molecule has 0 bridgehead atoms. The maximum Gasteiger partial charge on any atom is 0.410 e. The quantitative estimate of drug-likeness (QED) is 0.726. The molecule has 0 radical (unpaired) electrons. The van der Waals surface area contributed by atoms with Crippen LogP contribution in [0.1, 0.15) is 33.6 Å². The highest BCUT2D eigenvalue weighted by Gasteiger charge is 2.63. The molecule has 0 aromatic carbocycles. The summed E-state index contributed by atoms with van der Waals surface area (Å²) in [7, 11) is 0. The van der Waals surface area contributed by atoms with Crippen LogP contribution in [0.2, 0.25) is 0 Å². The van der Waals surface area contributed by atoms with Crippen molar-refractivity contribution in [3.05, 3.63) is 0 Å². The summed E-state index contributed by atoms with van der Waals surface area (Å²) in [6.07, 6.45) is 0.160. The minimum Gasteiger partial charge on any atom is -0.479 e. The minimum atomic E-state index is -1.68. The van der Waals surface area contributed by atoms with E-state index in [4.69, 9.17) is 9.84 Å². The van der Waals surface area contributed by atoms with Gasteiger partial charge in [-0.05, 0) is 27.2 Å². The third kappa shape index (κ3) is 2.16. The number of nitrogens with zero attached hydrogens (tertiary/aromatic N) is 1. The topological polar surface area (TPSA) is 87.1 Å². The summed E-state index contributed by atoms with van der Waals surface area (Å²) in [5.41, 5.74) is -2.24. The Balaban J connectivity index is 2.02. The average molecular weight is 257 g/mol. The second kappa shape index (κ2) is 3.85. The molecule has 1 saturated carbocycles. The lowest BCUT2D eigenvalue weighted by Crippen LogP contribution is -2.52. The fraction of sp³-hybridized carbons (Fsp3) is 0.833. The van der Waals surface area contributed by atoms with E-state index in [1.165, 1.54) is 4.90 Å². The first-order valence-corrected chi connectivity index (χ1v) is 6.10. The van der Waals surface area contributed by atoms with Crippen LogP contribution in [-0.4, -0.2) is 51.0 Å². The Kier molecular flexibility index (Phi) is 2.81. The molecular formula is C12H19NO5. The molecule has 6 nitrogen and oxygen atoms in total. The van der Waals surface area contributed by atoms with Crippen LogP contribution in [0.5, 0.6) is 0 Å². The van der Waals surface area contributed by atoms with Gasteiger partial charge in [-0.1, -0.05) is 0 Å². The summed E-state index contributed by atoms with van der Waals surface area (Å²) in [6, 6.07) is -0.199. The number of aliphatic hydroxyl groups is 1. The molecule has 3 unspecified atom stereocenters. The van der Waals surface area contributed by atoms with Crippen molar-refractivity contribution >= 4 is 12.1 Å². The van der Waals surface area contributed by atoms with Crippen LogP contribution >= 0.6 is 0 Å². The molecule has 2 fully saturated rings. The van der Waals surface area contributed by atoms with Gasteiger partial charge in [-0.3, -0.25) is 0 Å². The number of aliphatic carboxylic acids is 1. The number of ether oxygens (including phenoxy) is 1. The Morgan fingerprint density at radius 2 is 2.00 bits per heavy atom. The number of fused-ring (bicyclic) bond motifs is 1. The summed E-state index contributed by atoms with van der Waals surface area (Å²) in [5, 5.41) is 19.0. The van der Waals surface area contributed by atoms with Gasteiger partial charge in [-0.2, -0.15) is 0 Å². The first-order chi connectivity index (χ1) is 8.15. The molecule has 0 aromatic heterocycles. The van der Waals surface area contributed by atoms with Gasteiger partial charge in [0.15, 0.2) is 5.60 Å². The van der Waals surface area contributed by atoms with Crippen LogP contribution in [-0.2, 0) is 9.53 Å². The number of rotatable bonds is 1. The molecule has 3 atom stereocenters.